The summed E-state index contributed by atoms with van der Waals surface area (Å²) in [5.74, 6) is -0.875. The minimum absolute atomic E-state index is 0. The molecule has 0 amide bonds. The molecule has 12 heteroatoms. The van der Waals surface area contributed by atoms with Crippen LogP contribution in [0.5, 0.6) is 5.75 Å². The number of carbonyl (C=O) groups is 1. The van der Waals surface area contributed by atoms with E-state index in [1.165, 1.54) is 7.11 Å². The van der Waals surface area contributed by atoms with Gasteiger partial charge in [0.1, 0.15) is 23.2 Å². The maximum Gasteiger partial charge on any atom is 1.00 e. The average Bonchev–Trinajstić information content (AvgIpc) is 3.36. The molecule has 4 rings (SSSR count). The second kappa shape index (κ2) is 10.8. The molecule has 0 N–H and O–H groups in total. The Balaban J connectivity index is 0.00000324. The molecule has 2 heterocycles. The summed E-state index contributed by atoms with van der Waals surface area (Å²) < 4.78 is 46.2. The van der Waals surface area contributed by atoms with Crippen molar-refractivity contribution in [2.75, 3.05) is 7.11 Å². The van der Waals surface area contributed by atoms with Gasteiger partial charge in [0, 0.05) is 16.7 Å². The molecular weight excluding hydrogens is 511 g/mol. The molecular formula is C22H18ClN2NaO6S2. The van der Waals surface area contributed by atoms with E-state index in [0.29, 0.717) is 32.4 Å². The number of aromatic nitrogens is 2. The zero-order valence-electron chi connectivity index (χ0n) is 18.5. The van der Waals surface area contributed by atoms with Gasteiger partial charge < -0.3 is 14.0 Å². The maximum absolute atomic E-state index is 12.4. The minimum Gasteiger partial charge on any atom is -0.748 e. The SMILES string of the molecule is COC(=O)c1sc(-n2cnc3ccc(CS(=O)(=O)[O-])cc32)cc1O[C@H](C)c1ccccc1Cl.[Na+]. The number of rotatable bonds is 7. The van der Waals surface area contributed by atoms with E-state index in [1.54, 1.807) is 41.2 Å². The summed E-state index contributed by atoms with van der Waals surface area (Å²) >= 11 is 7.42. The molecule has 0 bridgehead atoms. The van der Waals surface area contributed by atoms with Crippen LogP contribution >= 0.6 is 22.9 Å². The molecule has 0 aliphatic rings. The number of fused-ring (bicyclic) bond motifs is 1. The molecule has 0 aliphatic heterocycles. The fraction of sp³-hybridized carbons (Fsp3) is 0.182. The Morgan fingerprint density at radius 3 is 2.65 bits per heavy atom. The van der Waals surface area contributed by atoms with Crippen LogP contribution in [0.4, 0.5) is 0 Å². The summed E-state index contributed by atoms with van der Waals surface area (Å²) in [4.78, 5) is 17.0. The van der Waals surface area contributed by atoms with E-state index in [2.05, 4.69) is 4.98 Å². The minimum atomic E-state index is -4.44. The molecule has 0 fully saturated rings. The van der Waals surface area contributed by atoms with Gasteiger partial charge in [-0.1, -0.05) is 35.9 Å². The predicted molar refractivity (Wildman–Crippen MR) is 124 cm³/mol. The summed E-state index contributed by atoms with van der Waals surface area (Å²) in [7, 11) is -3.15. The largest absolute Gasteiger partial charge is 1.00 e. The van der Waals surface area contributed by atoms with E-state index in [0.717, 1.165) is 16.9 Å². The van der Waals surface area contributed by atoms with Gasteiger partial charge in [0.2, 0.25) is 0 Å². The summed E-state index contributed by atoms with van der Waals surface area (Å²) in [5, 5.41) is 1.14. The van der Waals surface area contributed by atoms with Gasteiger partial charge in [-0.05, 0) is 30.7 Å². The van der Waals surface area contributed by atoms with E-state index in [1.807, 2.05) is 25.1 Å². The van der Waals surface area contributed by atoms with Crippen molar-refractivity contribution >= 4 is 50.1 Å². The van der Waals surface area contributed by atoms with Crippen molar-refractivity contribution < 1.29 is 56.8 Å². The van der Waals surface area contributed by atoms with Crippen molar-refractivity contribution in [3.05, 3.63) is 75.9 Å². The molecule has 0 saturated heterocycles. The molecule has 0 saturated carbocycles. The van der Waals surface area contributed by atoms with Crippen LogP contribution in [0.1, 0.15) is 33.8 Å². The number of ether oxygens (including phenoxy) is 2. The predicted octanol–water partition coefficient (Wildman–Crippen LogP) is 1.72. The first-order chi connectivity index (χ1) is 15.7. The number of esters is 1. The number of nitrogens with zero attached hydrogens (tertiary/aromatic N) is 2. The standard InChI is InChI=1S/C22H19ClN2O6S2.Na/c1-13(15-5-3-4-6-16(15)23)31-19-10-20(32-21(19)22(26)30-2)25-12-24-17-8-7-14(9-18(17)25)11-33(27,28)29;/h3-10,12-13H,11H2,1-2H3,(H,27,28,29);/q;+1/p-1/t13-;/m1./s1. The molecule has 2 aromatic carbocycles. The van der Waals surface area contributed by atoms with Gasteiger partial charge in [-0.3, -0.25) is 4.57 Å². The summed E-state index contributed by atoms with van der Waals surface area (Å²) in [6, 6.07) is 13.7. The van der Waals surface area contributed by atoms with Crippen molar-refractivity contribution in [2.45, 2.75) is 18.8 Å². The van der Waals surface area contributed by atoms with Crippen molar-refractivity contribution in [1.29, 1.82) is 0 Å². The van der Waals surface area contributed by atoms with Gasteiger partial charge in [-0.25, -0.2) is 18.2 Å². The fourth-order valence-corrected chi connectivity index (χ4v) is 5.26. The molecule has 1 atom stereocenters. The Bertz CT molecular complexity index is 1450. The topological polar surface area (TPSA) is 111 Å². The Hall–Kier alpha value is -1.92. The van der Waals surface area contributed by atoms with Gasteiger partial charge in [-0.15, -0.1) is 11.3 Å². The number of imidazole rings is 1. The van der Waals surface area contributed by atoms with Gasteiger partial charge in [0.05, 0.1) is 34.0 Å². The van der Waals surface area contributed by atoms with E-state index in [4.69, 9.17) is 21.1 Å². The number of halogens is 1. The van der Waals surface area contributed by atoms with Crippen molar-refractivity contribution in [1.82, 2.24) is 9.55 Å². The zero-order chi connectivity index (χ0) is 23.8. The number of methoxy groups -OCH3 is 1. The first-order valence-corrected chi connectivity index (χ1v) is 12.5. The van der Waals surface area contributed by atoms with Gasteiger partial charge in [0.15, 0.2) is 4.88 Å². The summed E-state index contributed by atoms with van der Waals surface area (Å²) in [6.07, 6.45) is 1.10. The summed E-state index contributed by atoms with van der Waals surface area (Å²) in [6.45, 7) is 1.82. The molecule has 2 aromatic heterocycles. The Morgan fingerprint density at radius 2 is 1.97 bits per heavy atom. The number of carbonyl (C=O) groups excluding carboxylic acids is 1. The molecule has 0 aliphatic carbocycles. The number of thiophene rings is 1. The maximum atomic E-state index is 12.4. The Labute approximate surface area is 227 Å². The molecule has 0 spiro atoms. The first-order valence-electron chi connectivity index (χ1n) is 9.69. The van der Waals surface area contributed by atoms with Crippen LogP contribution in [0.3, 0.4) is 0 Å². The third kappa shape index (κ3) is 5.83. The van der Waals surface area contributed by atoms with E-state index in [9.17, 15) is 17.8 Å². The molecule has 4 aromatic rings. The normalized spacial score (nSPS) is 12.2. The monoisotopic (exact) mass is 528 g/mol. The third-order valence-corrected chi connectivity index (χ3v) is 7.02. The smallest absolute Gasteiger partial charge is 0.748 e. The van der Waals surface area contributed by atoms with Crippen LogP contribution < -0.4 is 34.3 Å². The van der Waals surface area contributed by atoms with Crippen LogP contribution in [0, 0.1) is 0 Å². The van der Waals surface area contributed by atoms with Crippen molar-refractivity contribution in [3.8, 4) is 10.8 Å². The number of hydrogen-bond donors (Lipinski definition) is 0. The second-order valence-corrected chi connectivity index (χ2v) is 10.0. The number of hydrogen-bond acceptors (Lipinski definition) is 8. The second-order valence-electron chi connectivity index (χ2n) is 7.19. The third-order valence-electron chi connectivity index (χ3n) is 4.90. The molecule has 34 heavy (non-hydrogen) atoms. The molecule has 0 unspecified atom stereocenters. The molecule has 172 valence electrons. The average molecular weight is 529 g/mol. The van der Waals surface area contributed by atoms with Crippen LogP contribution in [-0.4, -0.2) is 35.6 Å². The van der Waals surface area contributed by atoms with Crippen LogP contribution in [0.25, 0.3) is 16.0 Å². The first kappa shape index (κ1) is 26.7. The van der Waals surface area contributed by atoms with Crippen LogP contribution in [0.15, 0.2) is 54.9 Å². The van der Waals surface area contributed by atoms with E-state index >= 15 is 0 Å². The van der Waals surface area contributed by atoms with Gasteiger partial charge in [-0.2, -0.15) is 0 Å². The Morgan fingerprint density at radius 1 is 1.24 bits per heavy atom. The molecule has 8 nitrogen and oxygen atoms in total. The van der Waals surface area contributed by atoms with Crippen LogP contribution in [0.2, 0.25) is 5.02 Å². The van der Waals surface area contributed by atoms with Gasteiger partial charge in [0.25, 0.3) is 0 Å². The van der Waals surface area contributed by atoms with Crippen LogP contribution in [-0.2, 0) is 20.6 Å². The zero-order valence-corrected chi connectivity index (χ0v) is 22.9. The van der Waals surface area contributed by atoms with Crippen molar-refractivity contribution in [2.24, 2.45) is 0 Å². The van der Waals surface area contributed by atoms with E-state index < -0.39 is 27.9 Å². The van der Waals surface area contributed by atoms with E-state index in [-0.39, 0.29) is 34.4 Å². The summed E-state index contributed by atoms with van der Waals surface area (Å²) in [5.41, 5.74) is 2.29. The molecule has 0 radical (unpaired) electrons. The number of benzene rings is 2. The van der Waals surface area contributed by atoms with Crippen molar-refractivity contribution in [3.63, 3.8) is 0 Å². The quantitative estimate of drug-likeness (QED) is 0.204. The fourth-order valence-electron chi connectivity index (χ4n) is 3.38. The Kier molecular flexibility index (Phi) is 8.46. The van der Waals surface area contributed by atoms with Gasteiger partial charge >= 0.3 is 35.5 Å².